The summed E-state index contributed by atoms with van der Waals surface area (Å²) in [6.45, 7) is 0. The third-order valence-corrected chi connectivity index (χ3v) is 3.18. The highest BCUT2D eigenvalue weighted by Gasteiger charge is 2.13. The molecule has 21 heavy (non-hydrogen) atoms. The molecule has 0 spiro atoms. The quantitative estimate of drug-likeness (QED) is 0.887. The summed E-state index contributed by atoms with van der Waals surface area (Å²) >= 11 is 0. The molecule has 0 fully saturated rings. The van der Waals surface area contributed by atoms with E-state index < -0.39 is 11.9 Å². The second-order valence-electron chi connectivity index (χ2n) is 4.61. The number of benzene rings is 2. The highest BCUT2D eigenvalue weighted by molar-refractivity contribution is 5.93. The van der Waals surface area contributed by atoms with Gasteiger partial charge in [-0.1, -0.05) is 12.1 Å². The molecule has 0 heterocycles. The highest BCUT2D eigenvalue weighted by atomic mass is 19.1. The third kappa shape index (κ3) is 3.66. The Morgan fingerprint density at radius 1 is 0.905 bits per heavy atom. The number of halogens is 1. The lowest BCUT2D eigenvalue weighted by Gasteiger charge is -2.08. The Morgan fingerprint density at radius 3 is 2.14 bits per heavy atom. The molecular weight excluding hydrogens is 275 g/mol. The van der Waals surface area contributed by atoms with Crippen LogP contribution in [0.4, 0.5) is 4.39 Å². The van der Waals surface area contributed by atoms with Crippen LogP contribution in [-0.4, -0.2) is 22.2 Å². The number of carbonyl (C=O) groups is 2. The fourth-order valence-electron chi connectivity index (χ4n) is 2.07. The smallest absolute Gasteiger partial charge is 0.335 e. The number of aryl methyl sites for hydroxylation is 2. The molecule has 0 saturated heterocycles. The number of aromatic carboxylic acids is 2. The van der Waals surface area contributed by atoms with E-state index in [1.165, 1.54) is 30.3 Å². The third-order valence-electron chi connectivity index (χ3n) is 3.18. The van der Waals surface area contributed by atoms with E-state index in [-0.39, 0.29) is 16.9 Å². The maximum atomic E-state index is 12.8. The molecule has 2 N–H and O–H groups in total. The molecule has 0 aliphatic carbocycles. The molecule has 2 rings (SSSR count). The van der Waals surface area contributed by atoms with Crippen molar-refractivity contribution in [2.24, 2.45) is 0 Å². The van der Waals surface area contributed by atoms with Crippen LogP contribution in [0.15, 0.2) is 42.5 Å². The summed E-state index contributed by atoms with van der Waals surface area (Å²) in [5, 5.41) is 18.1. The van der Waals surface area contributed by atoms with Gasteiger partial charge in [0.2, 0.25) is 0 Å². The van der Waals surface area contributed by atoms with Crippen molar-refractivity contribution < 1.29 is 24.2 Å². The molecule has 0 atom stereocenters. The van der Waals surface area contributed by atoms with E-state index in [2.05, 4.69) is 0 Å². The van der Waals surface area contributed by atoms with Crippen molar-refractivity contribution in [3.8, 4) is 0 Å². The van der Waals surface area contributed by atoms with Gasteiger partial charge < -0.3 is 10.2 Å². The van der Waals surface area contributed by atoms with Gasteiger partial charge >= 0.3 is 11.9 Å². The predicted molar refractivity (Wildman–Crippen MR) is 74.2 cm³/mol. The minimum Gasteiger partial charge on any atom is -0.478 e. The number of carboxylic acid groups (broad SMARTS) is 2. The maximum Gasteiger partial charge on any atom is 0.335 e. The van der Waals surface area contributed by atoms with Gasteiger partial charge in [0.15, 0.2) is 0 Å². The lowest BCUT2D eigenvalue weighted by Crippen LogP contribution is -2.07. The van der Waals surface area contributed by atoms with Crippen molar-refractivity contribution in [1.82, 2.24) is 0 Å². The van der Waals surface area contributed by atoms with Gasteiger partial charge in [-0.3, -0.25) is 0 Å². The van der Waals surface area contributed by atoms with Crippen molar-refractivity contribution in [1.29, 1.82) is 0 Å². The van der Waals surface area contributed by atoms with Crippen LogP contribution in [0.1, 0.15) is 31.8 Å². The van der Waals surface area contributed by atoms with Gasteiger partial charge in [-0.05, 0) is 54.3 Å². The van der Waals surface area contributed by atoms with Crippen molar-refractivity contribution in [3.05, 3.63) is 70.5 Å². The molecule has 0 aliphatic rings. The number of hydrogen-bond donors (Lipinski definition) is 2. The molecule has 5 heteroatoms. The Hall–Kier alpha value is -2.69. The summed E-state index contributed by atoms with van der Waals surface area (Å²) in [6, 6.07) is 9.85. The highest BCUT2D eigenvalue weighted by Crippen LogP contribution is 2.16. The summed E-state index contributed by atoms with van der Waals surface area (Å²) in [6.07, 6.45) is 0.873. The van der Waals surface area contributed by atoms with E-state index in [9.17, 15) is 14.0 Å². The zero-order valence-electron chi connectivity index (χ0n) is 11.0. The lowest BCUT2D eigenvalue weighted by atomic mass is 9.97. The van der Waals surface area contributed by atoms with Gasteiger partial charge in [0, 0.05) is 0 Å². The lowest BCUT2D eigenvalue weighted by molar-refractivity contribution is 0.0680. The van der Waals surface area contributed by atoms with Crippen LogP contribution in [0.3, 0.4) is 0 Å². The zero-order valence-corrected chi connectivity index (χ0v) is 11.0. The maximum absolute atomic E-state index is 12.8. The van der Waals surface area contributed by atoms with Crippen molar-refractivity contribution in [2.75, 3.05) is 0 Å². The number of rotatable bonds is 5. The van der Waals surface area contributed by atoms with E-state index in [4.69, 9.17) is 10.2 Å². The molecule has 108 valence electrons. The van der Waals surface area contributed by atoms with Crippen LogP contribution < -0.4 is 0 Å². The zero-order chi connectivity index (χ0) is 15.4. The first kappa shape index (κ1) is 14.7. The van der Waals surface area contributed by atoms with E-state index in [0.29, 0.717) is 18.4 Å². The van der Waals surface area contributed by atoms with Crippen molar-refractivity contribution >= 4 is 11.9 Å². The van der Waals surface area contributed by atoms with Gasteiger partial charge in [-0.25, -0.2) is 14.0 Å². The average molecular weight is 288 g/mol. The van der Waals surface area contributed by atoms with Gasteiger partial charge in [0.1, 0.15) is 5.82 Å². The van der Waals surface area contributed by atoms with Gasteiger partial charge in [-0.15, -0.1) is 0 Å². The largest absolute Gasteiger partial charge is 0.478 e. The summed E-state index contributed by atoms with van der Waals surface area (Å²) in [4.78, 5) is 22.1. The van der Waals surface area contributed by atoms with Crippen molar-refractivity contribution in [3.63, 3.8) is 0 Å². The second kappa shape index (κ2) is 6.17. The Bertz CT molecular complexity index is 677. The summed E-state index contributed by atoms with van der Waals surface area (Å²) in [7, 11) is 0. The Balaban J connectivity index is 2.24. The van der Waals surface area contributed by atoms with Gasteiger partial charge in [-0.2, -0.15) is 0 Å². The van der Waals surface area contributed by atoms with Crippen LogP contribution in [0.25, 0.3) is 0 Å². The molecule has 0 aliphatic heterocycles. The first-order chi connectivity index (χ1) is 9.97. The van der Waals surface area contributed by atoms with Gasteiger partial charge in [0.25, 0.3) is 0 Å². The first-order valence-electron chi connectivity index (χ1n) is 6.31. The monoisotopic (exact) mass is 288 g/mol. The van der Waals surface area contributed by atoms with Crippen LogP contribution in [0.2, 0.25) is 0 Å². The standard InChI is InChI=1S/C16H13FO4/c17-13-6-2-10(3-7-13)1-4-11-9-12(15(18)19)5-8-14(11)16(20)21/h2-3,5-9H,1,4H2,(H,18,19)(H,20,21). The van der Waals surface area contributed by atoms with Gasteiger partial charge in [0.05, 0.1) is 11.1 Å². The number of hydrogen-bond acceptors (Lipinski definition) is 2. The van der Waals surface area contributed by atoms with Crippen LogP contribution in [0, 0.1) is 5.82 Å². The molecule has 0 saturated carbocycles. The molecule has 0 amide bonds. The first-order valence-corrected chi connectivity index (χ1v) is 6.31. The van der Waals surface area contributed by atoms with E-state index in [1.807, 2.05) is 0 Å². The van der Waals surface area contributed by atoms with Crippen LogP contribution in [-0.2, 0) is 12.8 Å². The number of carboxylic acids is 2. The summed E-state index contributed by atoms with van der Waals surface area (Å²) in [5.74, 6) is -2.53. The molecule has 0 bridgehead atoms. The Labute approximate surface area is 120 Å². The second-order valence-corrected chi connectivity index (χ2v) is 4.61. The predicted octanol–water partition coefficient (Wildman–Crippen LogP) is 3.01. The topological polar surface area (TPSA) is 74.6 Å². The molecule has 2 aromatic rings. The minimum atomic E-state index is -1.10. The Kier molecular flexibility index (Phi) is 4.33. The van der Waals surface area contributed by atoms with E-state index in [1.54, 1.807) is 12.1 Å². The molecule has 4 nitrogen and oxygen atoms in total. The summed E-state index contributed by atoms with van der Waals surface area (Å²) in [5.41, 5.74) is 1.44. The van der Waals surface area contributed by atoms with Crippen LogP contribution >= 0.6 is 0 Å². The fraction of sp³-hybridized carbons (Fsp3) is 0.125. The Morgan fingerprint density at radius 2 is 1.57 bits per heavy atom. The molecule has 0 aromatic heterocycles. The fourth-order valence-corrected chi connectivity index (χ4v) is 2.07. The normalized spacial score (nSPS) is 10.3. The molecular formula is C16H13FO4. The van der Waals surface area contributed by atoms with E-state index in [0.717, 1.165) is 5.56 Å². The van der Waals surface area contributed by atoms with Crippen molar-refractivity contribution in [2.45, 2.75) is 12.8 Å². The summed E-state index contributed by atoms with van der Waals surface area (Å²) < 4.78 is 12.8. The molecule has 2 aromatic carbocycles. The average Bonchev–Trinajstić information content (AvgIpc) is 2.46. The van der Waals surface area contributed by atoms with Crippen LogP contribution in [0.5, 0.6) is 0 Å². The molecule has 0 radical (unpaired) electrons. The molecule has 0 unspecified atom stereocenters. The van der Waals surface area contributed by atoms with E-state index >= 15 is 0 Å². The minimum absolute atomic E-state index is 0.0501. The SMILES string of the molecule is O=C(O)c1ccc(C(=O)O)c(CCc2ccc(F)cc2)c1.